The second kappa shape index (κ2) is 59.6. The highest BCUT2D eigenvalue weighted by Gasteiger charge is 2.19. The number of rotatable bonds is 50. The number of hydrogen-bond acceptors (Lipinski definition) is 6. The van der Waals surface area contributed by atoms with E-state index in [1.807, 2.05) is 12.2 Å². The molecule has 0 saturated heterocycles. The van der Waals surface area contributed by atoms with E-state index < -0.39 is 12.1 Å². The second-order valence-corrected chi connectivity index (χ2v) is 18.4. The fourth-order valence-electron chi connectivity index (χ4n) is 7.23. The van der Waals surface area contributed by atoms with Crippen LogP contribution in [-0.2, 0) is 28.6 Å². The summed E-state index contributed by atoms with van der Waals surface area (Å²) in [5.41, 5.74) is 0. The lowest BCUT2D eigenvalue weighted by Crippen LogP contribution is -2.30. The quantitative estimate of drug-likeness (QED) is 0.0261. The maximum Gasteiger partial charge on any atom is 0.306 e. The maximum absolute atomic E-state index is 12.8. The molecule has 0 bridgehead atoms. The van der Waals surface area contributed by atoms with Crippen LogP contribution in [0, 0.1) is 0 Å². The van der Waals surface area contributed by atoms with Crippen molar-refractivity contribution in [2.45, 2.75) is 232 Å². The minimum absolute atomic E-state index is 0.136. The van der Waals surface area contributed by atoms with Crippen LogP contribution in [0.3, 0.4) is 0 Å². The third kappa shape index (κ3) is 57.8. The van der Waals surface area contributed by atoms with Crippen molar-refractivity contribution >= 4 is 17.9 Å². The van der Waals surface area contributed by atoms with Crippen molar-refractivity contribution in [2.75, 3.05) is 13.2 Å². The van der Waals surface area contributed by atoms with Crippen LogP contribution in [0.15, 0.2) is 158 Å². The van der Waals surface area contributed by atoms with Gasteiger partial charge in [-0.2, -0.15) is 0 Å². The van der Waals surface area contributed by atoms with Gasteiger partial charge in [-0.3, -0.25) is 14.4 Å². The number of hydrogen-bond donors (Lipinski definition) is 0. The highest BCUT2D eigenvalue weighted by molar-refractivity contribution is 5.71. The average Bonchev–Trinajstić information content (AvgIpc) is 3.39. The molecule has 6 heteroatoms. The van der Waals surface area contributed by atoms with Gasteiger partial charge in [-0.15, -0.1) is 0 Å². The van der Waals surface area contributed by atoms with E-state index in [9.17, 15) is 14.4 Å². The topological polar surface area (TPSA) is 78.9 Å². The minimum atomic E-state index is -0.850. The predicted molar refractivity (Wildman–Crippen MR) is 315 cm³/mol. The van der Waals surface area contributed by atoms with E-state index in [0.29, 0.717) is 19.3 Å². The lowest BCUT2D eigenvalue weighted by molar-refractivity contribution is -0.166. The van der Waals surface area contributed by atoms with E-state index >= 15 is 0 Å². The Balaban J connectivity index is 4.60. The molecule has 0 aromatic heterocycles. The lowest BCUT2D eigenvalue weighted by atomic mass is 10.1. The molecule has 0 heterocycles. The summed E-state index contributed by atoms with van der Waals surface area (Å²) in [6, 6.07) is 0. The standard InChI is InChI=1S/C67H104O6/c1-4-7-10-13-16-19-22-25-28-30-32-33-35-36-39-42-45-48-51-54-57-60-66(69)72-63-64(62-71-65(68)59-56-53-50-47-44-41-38-27-24-21-18-15-12-9-6-3)73-67(70)61-58-55-52-49-46-43-40-37-34-31-29-26-23-20-17-14-11-8-5-2/h8-9,11-12,17-18,20-22,25-27,29-30,32,34-38,43-44,46-47,52,55,64H,4-7,10,13-16,19,23-24,28,31,33,39-42,45,48-51,53-54,56-63H2,1-3H3/b11-8-,12-9-,20-17-,21-18-,25-22-,29-26-,32-30-,36-35-,37-34-,38-27-,46-43-,47-44-,55-52-. The molecule has 0 saturated carbocycles. The van der Waals surface area contributed by atoms with E-state index in [-0.39, 0.29) is 38.0 Å². The Morgan fingerprint density at radius 3 is 0.918 bits per heavy atom. The number of carbonyl (C=O) groups excluding carboxylic acids is 3. The lowest BCUT2D eigenvalue weighted by Gasteiger charge is -2.18. The molecule has 0 aliphatic carbocycles. The van der Waals surface area contributed by atoms with Crippen molar-refractivity contribution in [3.05, 3.63) is 158 Å². The smallest absolute Gasteiger partial charge is 0.306 e. The first-order chi connectivity index (χ1) is 36.0. The molecule has 6 nitrogen and oxygen atoms in total. The van der Waals surface area contributed by atoms with Gasteiger partial charge in [-0.05, 0) is 135 Å². The summed E-state index contributed by atoms with van der Waals surface area (Å²) in [7, 11) is 0. The van der Waals surface area contributed by atoms with Gasteiger partial charge in [0.05, 0.1) is 0 Å². The van der Waals surface area contributed by atoms with Crippen LogP contribution in [0.25, 0.3) is 0 Å². The summed E-state index contributed by atoms with van der Waals surface area (Å²) in [5, 5.41) is 0. The summed E-state index contributed by atoms with van der Waals surface area (Å²) in [6.45, 7) is 6.27. The predicted octanol–water partition coefficient (Wildman–Crippen LogP) is 19.8. The highest BCUT2D eigenvalue weighted by atomic mass is 16.6. The molecule has 408 valence electrons. The third-order valence-corrected chi connectivity index (χ3v) is 11.5. The number of ether oxygens (including phenoxy) is 3. The fraction of sp³-hybridized carbons (Fsp3) is 0.567. The Labute approximate surface area is 448 Å². The molecule has 0 aliphatic rings. The van der Waals surface area contributed by atoms with Crippen molar-refractivity contribution in [3.63, 3.8) is 0 Å². The fourth-order valence-corrected chi connectivity index (χ4v) is 7.23. The van der Waals surface area contributed by atoms with Crippen LogP contribution in [0.5, 0.6) is 0 Å². The zero-order chi connectivity index (χ0) is 52.9. The van der Waals surface area contributed by atoms with Crippen LogP contribution < -0.4 is 0 Å². The molecule has 0 fully saturated rings. The molecule has 1 atom stereocenters. The van der Waals surface area contributed by atoms with Gasteiger partial charge >= 0.3 is 17.9 Å². The Morgan fingerprint density at radius 1 is 0.288 bits per heavy atom. The average molecular weight is 1010 g/mol. The molecule has 0 rings (SSSR count). The van der Waals surface area contributed by atoms with E-state index in [4.69, 9.17) is 14.2 Å². The summed E-state index contributed by atoms with van der Waals surface area (Å²) in [4.78, 5) is 38.1. The van der Waals surface area contributed by atoms with E-state index in [1.165, 1.54) is 51.4 Å². The molecule has 0 aromatic rings. The first-order valence-electron chi connectivity index (χ1n) is 29.0. The van der Waals surface area contributed by atoms with Gasteiger partial charge in [-0.25, -0.2) is 0 Å². The summed E-state index contributed by atoms with van der Waals surface area (Å²) in [5.74, 6) is -1.08. The van der Waals surface area contributed by atoms with Crippen LogP contribution >= 0.6 is 0 Å². The molecule has 73 heavy (non-hydrogen) atoms. The van der Waals surface area contributed by atoms with Crippen molar-refractivity contribution < 1.29 is 28.6 Å². The van der Waals surface area contributed by atoms with Crippen LogP contribution in [-0.4, -0.2) is 37.2 Å². The van der Waals surface area contributed by atoms with E-state index in [1.54, 1.807) is 0 Å². The Kier molecular flexibility index (Phi) is 55.5. The summed E-state index contributed by atoms with van der Waals surface area (Å²) >= 11 is 0. The van der Waals surface area contributed by atoms with Crippen LogP contribution in [0.4, 0.5) is 0 Å². The van der Waals surface area contributed by atoms with Gasteiger partial charge in [0, 0.05) is 19.3 Å². The van der Waals surface area contributed by atoms with Crippen molar-refractivity contribution in [2.24, 2.45) is 0 Å². The van der Waals surface area contributed by atoms with E-state index in [0.717, 1.165) is 122 Å². The molecule has 1 unspecified atom stereocenters. The molecule has 0 radical (unpaired) electrons. The molecule has 0 amide bonds. The van der Waals surface area contributed by atoms with Gasteiger partial charge in [0.25, 0.3) is 0 Å². The molecular formula is C67H104O6. The monoisotopic (exact) mass is 1000 g/mol. The molecule has 0 aromatic carbocycles. The largest absolute Gasteiger partial charge is 0.462 e. The first-order valence-corrected chi connectivity index (χ1v) is 29.0. The molecule has 0 spiro atoms. The number of carbonyl (C=O) groups is 3. The van der Waals surface area contributed by atoms with Crippen LogP contribution in [0.2, 0.25) is 0 Å². The maximum atomic E-state index is 12.8. The normalized spacial score (nSPS) is 13.3. The zero-order valence-electron chi connectivity index (χ0n) is 46.6. The zero-order valence-corrected chi connectivity index (χ0v) is 46.6. The minimum Gasteiger partial charge on any atom is -0.462 e. The van der Waals surface area contributed by atoms with Gasteiger partial charge in [-0.1, -0.05) is 230 Å². The molecule has 0 N–H and O–H groups in total. The number of unbranched alkanes of at least 4 members (excludes halogenated alkanes) is 13. The van der Waals surface area contributed by atoms with Gasteiger partial charge in [0.1, 0.15) is 13.2 Å². The first kappa shape index (κ1) is 68.0. The van der Waals surface area contributed by atoms with Gasteiger partial charge in [0.15, 0.2) is 6.10 Å². The van der Waals surface area contributed by atoms with Crippen LogP contribution in [0.1, 0.15) is 226 Å². The van der Waals surface area contributed by atoms with E-state index in [2.05, 4.69) is 167 Å². The SMILES string of the molecule is CC/C=C\C/C=C\C/C=C\C/C=C\C/C=C\C/C=C\CCC(=O)OC(COC(=O)CCCC/C=C\C/C=C\C/C=C\C/C=C\CC)COC(=O)CCCCCCCC/C=C\C/C=C\C/C=C\CCCCCCC. The van der Waals surface area contributed by atoms with Crippen molar-refractivity contribution in [1.82, 2.24) is 0 Å². The molecule has 0 aliphatic heterocycles. The van der Waals surface area contributed by atoms with Crippen molar-refractivity contribution in [1.29, 1.82) is 0 Å². The summed E-state index contributed by atoms with van der Waals surface area (Å²) in [6.07, 6.45) is 86.8. The van der Waals surface area contributed by atoms with Gasteiger partial charge in [0.2, 0.25) is 0 Å². The Hall–Kier alpha value is -4.97. The third-order valence-electron chi connectivity index (χ3n) is 11.5. The second-order valence-electron chi connectivity index (χ2n) is 18.4. The van der Waals surface area contributed by atoms with Crippen molar-refractivity contribution in [3.8, 4) is 0 Å². The highest BCUT2D eigenvalue weighted by Crippen LogP contribution is 2.12. The van der Waals surface area contributed by atoms with Gasteiger partial charge < -0.3 is 14.2 Å². The number of allylic oxidation sites excluding steroid dienone is 26. The Bertz CT molecular complexity index is 1670. The number of esters is 3. The molecular weight excluding hydrogens is 901 g/mol. The Morgan fingerprint density at radius 2 is 0.562 bits per heavy atom. The summed E-state index contributed by atoms with van der Waals surface area (Å²) < 4.78 is 16.7.